The van der Waals surface area contributed by atoms with Gasteiger partial charge in [-0.25, -0.2) is 13.6 Å². The number of sulfonamides is 1. The molecule has 25 heavy (non-hydrogen) atoms. The van der Waals surface area contributed by atoms with Gasteiger partial charge in [0.2, 0.25) is 10.0 Å². The minimum atomic E-state index is -4.79. The number of anilines is 1. The van der Waals surface area contributed by atoms with Gasteiger partial charge in [0.25, 0.3) is 5.69 Å². The third-order valence-corrected chi connectivity index (χ3v) is 4.17. The maximum absolute atomic E-state index is 13.1. The minimum absolute atomic E-state index is 0.0458. The standard InChI is InChI=1S/C14H12F3N3O4S/c15-14(16,17)12-7-11(25(18,23)24)5-6-13(12)19-8-9-1-3-10(4-2-9)20(21)22/h1-7,19H,8H2,(H2,18,23,24). The van der Waals surface area contributed by atoms with Gasteiger partial charge in [-0.1, -0.05) is 12.1 Å². The first-order valence-corrected chi connectivity index (χ1v) is 8.24. The first-order valence-electron chi connectivity index (χ1n) is 6.70. The SMILES string of the molecule is NS(=O)(=O)c1ccc(NCc2ccc([N+](=O)[O-])cc2)c(C(F)(F)F)c1. The van der Waals surface area contributed by atoms with Crippen molar-refractivity contribution < 1.29 is 26.5 Å². The highest BCUT2D eigenvalue weighted by molar-refractivity contribution is 7.89. The zero-order chi connectivity index (χ0) is 18.8. The van der Waals surface area contributed by atoms with E-state index >= 15 is 0 Å². The molecule has 11 heteroatoms. The number of nitrogens with two attached hydrogens (primary N) is 1. The fourth-order valence-corrected chi connectivity index (χ4v) is 2.56. The van der Waals surface area contributed by atoms with Crippen molar-refractivity contribution in [2.45, 2.75) is 17.6 Å². The van der Waals surface area contributed by atoms with E-state index in [1.165, 1.54) is 24.3 Å². The number of alkyl halides is 3. The molecule has 0 radical (unpaired) electrons. The van der Waals surface area contributed by atoms with E-state index in [9.17, 15) is 31.7 Å². The van der Waals surface area contributed by atoms with Crippen molar-refractivity contribution in [1.82, 2.24) is 0 Å². The molecule has 0 unspecified atom stereocenters. The van der Waals surface area contributed by atoms with Crippen molar-refractivity contribution >= 4 is 21.4 Å². The summed E-state index contributed by atoms with van der Waals surface area (Å²) in [4.78, 5) is 9.32. The summed E-state index contributed by atoms with van der Waals surface area (Å²) in [6.45, 7) is -0.0458. The number of nitrogens with one attached hydrogen (secondary N) is 1. The molecule has 0 saturated carbocycles. The topological polar surface area (TPSA) is 115 Å². The van der Waals surface area contributed by atoms with Crippen LogP contribution in [0.4, 0.5) is 24.5 Å². The lowest BCUT2D eigenvalue weighted by atomic mass is 10.1. The highest BCUT2D eigenvalue weighted by atomic mass is 32.2. The molecule has 2 aromatic carbocycles. The number of primary sulfonamides is 1. The Bertz CT molecular complexity index is 897. The molecular weight excluding hydrogens is 363 g/mol. The molecule has 0 heterocycles. The molecule has 2 rings (SSSR count). The van der Waals surface area contributed by atoms with Crippen LogP contribution in [0.2, 0.25) is 0 Å². The molecule has 0 aromatic heterocycles. The van der Waals surface area contributed by atoms with Crippen LogP contribution in [0.1, 0.15) is 11.1 Å². The maximum Gasteiger partial charge on any atom is 0.418 e. The normalized spacial score (nSPS) is 12.0. The summed E-state index contributed by atoms with van der Waals surface area (Å²) in [5, 5.41) is 18.0. The number of benzene rings is 2. The second-order valence-electron chi connectivity index (χ2n) is 5.03. The average molecular weight is 375 g/mol. The molecular formula is C14H12F3N3O4S. The lowest BCUT2D eigenvalue weighted by Gasteiger charge is -2.15. The van der Waals surface area contributed by atoms with Crippen molar-refractivity contribution in [2.75, 3.05) is 5.32 Å². The minimum Gasteiger partial charge on any atom is -0.380 e. The first kappa shape index (κ1) is 18.7. The van der Waals surface area contributed by atoms with E-state index in [0.717, 1.165) is 12.1 Å². The number of halogens is 3. The molecule has 0 bridgehead atoms. The van der Waals surface area contributed by atoms with Gasteiger partial charge in [0, 0.05) is 24.4 Å². The van der Waals surface area contributed by atoms with E-state index in [4.69, 9.17) is 5.14 Å². The molecule has 0 aliphatic carbocycles. The van der Waals surface area contributed by atoms with Gasteiger partial charge in [-0.15, -0.1) is 0 Å². The average Bonchev–Trinajstić information content (AvgIpc) is 2.51. The lowest BCUT2D eigenvalue weighted by Crippen LogP contribution is -2.16. The summed E-state index contributed by atoms with van der Waals surface area (Å²) in [6.07, 6.45) is -4.79. The Labute approximate surface area is 140 Å². The smallest absolute Gasteiger partial charge is 0.380 e. The Balaban J connectivity index is 2.28. The zero-order valence-corrected chi connectivity index (χ0v) is 13.3. The van der Waals surface area contributed by atoms with Gasteiger partial charge in [-0.05, 0) is 23.8 Å². The summed E-state index contributed by atoms with van der Waals surface area (Å²) < 4.78 is 61.8. The van der Waals surface area contributed by atoms with E-state index in [-0.39, 0.29) is 17.9 Å². The Morgan fingerprint density at radius 2 is 1.72 bits per heavy atom. The highest BCUT2D eigenvalue weighted by Crippen LogP contribution is 2.36. The Hall–Kier alpha value is -2.66. The third-order valence-electron chi connectivity index (χ3n) is 3.26. The highest BCUT2D eigenvalue weighted by Gasteiger charge is 2.34. The van der Waals surface area contributed by atoms with Crippen molar-refractivity contribution in [3.05, 3.63) is 63.7 Å². The number of nitro benzene ring substituents is 1. The first-order chi connectivity index (χ1) is 11.5. The summed E-state index contributed by atoms with van der Waals surface area (Å²) in [5.41, 5.74) is -1.15. The molecule has 0 atom stereocenters. The summed E-state index contributed by atoms with van der Waals surface area (Å²) in [5.74, 6) is 0. The van der Waals surface area contributed by atoms with Crippen molar-refractivity contribution in [3.8, 4) is 0 Å². The van der Waals surface area contributed by atoms with Gasteiger partial charge in [-0.3, -0.25) is 10.1 Å². The van der Waals surface area contributed by atoms with Crippen LogP contribution in [-0.4, -0.2) is 13.3 Å². The Morgan fingerprint density at radius 3 is 2.20 bits per heavy atom. The summed E-state index contributed by atoms with van der Waals surface area (Å²) >= 11 is 0. The van der Waals surface area contributed by atoms with Gasteiger partial charge in [0.05, 0.1) is 15.4 Å². The maximum atomic E-state index is 13.1. The number of hydrogen-bond donors (Lipinski definition) is 2. The van der Waals surface area contributed by atoms with Crippen LogP contribution in [0.25, 0.3) is 0 Å². The summed E-state index contributed by atoms with van der Waals surface area (Å²) in [6, 6.07) is 7.63. The van der Waals surface area contributed by atoms with Gasteiger partial charge < -0.3 is 5.32 Å². The zero-order valence-electron chi connectivity index (χ0n) is 12.4. The number of hydrogen-bond acceptors (Lipinski definition) is 5. The second-order valence-corrected chi connectivity index (χ2v) is 6.59. The molecule has 0 spiro atoms. The van der Waals surface area contributed by atoms with Gasteiger partial charge in [0.15, 0.2) is 0 Å². The molecule has 0 aliphatic heterocycles. The molecule has 0 amide bonds. The molecule has 2 aromatic rings. The molecule has 0 fully saturated rings. The lowest BCUT2D eigenvalue weighted by molar-refractivity contribution is -0.384. The van der Waals surface area contributed by atoms with Gasteiger partial charge in [-0.2, -0.15) is 13.2 Å². The quantitative estimate of drug-likeness (QED) is 0.616. The van der Waals surface area contributed by atoms with E-state index in [1.54, 1.807) is 0 Å². The molecule has 3 N–H and O–H groups in total. The van der Waals surface area contributed by atoms with E-state index < -0.39 is 31.6 Å². The van der Waals surface area contributed by atoms with Crippen LogP contribution in [-0.2, 0) is 22.7 Å². The monoisotopic (exact) mass is 375 g/mol. The van der Waals surface area contributed by atoms with E-state index in [0.29, 0.717) is 11.6 Å². The number of nitro groups is 1. The molecule has 0 aliphatic rings. The summed E-state index contributed by atoms with van der Waals surface area (Å²) in [7, 11) is -4.27. The predicted octanol–water partition coefficient (Wildman–Crippen LogP) is 2.87. The molecule has 7 nitrogen and oxygen atoms in total. The van der Waals surface area contributed by atoms with Crippen LogP contribution in [0, 0.1) is 10.1 Å². The number of rotatable bonds is 5. The van der Waals surface area contributed by atoms with Gasteiger partial charge >= 0.3 is 6.18 Å². The fourth-order valence-electron chi connectivity index (χ4n) is 2.02. The largest absolute Gasteiger partial charge is 0.418 e. The van der Waals surface area contributed by atoms with E-state index in [2.05, 4.69) is 5.32 Å². The Kier molecular flexibility index (Phi) is 4.99. The van der Waals surface area contributed by atoms with Crippen molar-refractivity contribution in [1.29, 1.82) is 0 Å². The van der Waals surface area contributed by atoms with Crippen molar-refractivity contribution in [3.63, 3.8) is 0 Å². The number of nitrogens with zero attached hydrogens (tertiary/aromatic N) is 1. The van der Waals surface area contributed by atoms with E-state index in [1.807, 2.05) is 0 Å². The number of non-ortho nitro benzene ring substituents is 1. The van der Waals surface area contributed by atoms with Gasteiger partial charge in [0.1, 0.15) is 0 Å². The second kappa shape index (κ2) is 6.69. The molecule has 134 valence electrons. The van der Waals surface area contributed by atoms with Crippen LogP contribution < -0.4 is 10.5 Å². The van der Waals surface area contributed by atoms with Crippen LogP contribution in [0.5, 0.6) is 0 Å². The fraction of sp³-hybridized carbons (Fsp3) is 0.143. The van der Waals surface area contributed by atoms with Crippen molar-refractivity contribution in [2.24, 2.45) is 5.14 Å². The molecule has 0 saturated heterocycles. The predicted molar refractivity (Wildman–Crippen MR) is 83.2 cm³/mol. The third kappa shape index (κ3) is 4.67. The van der Waals surface area contributed by atoms with Crippen LogP contribution >= 0.6 is 0 Å². The Morgan fingerprint density at radius 1 is 1.12 bits per heavy atom. The van der Waals surface area contributed by atoms with Crippen LogP contribution in [0.3, 0.4) is 0 Å². The van der Waals surface area contributed by atoms with Crippen LogP contribution in [0.15, 0.2) is 47.4 Å².